The van der Waals surface area contributed by atoms with Crippen molar-refractivity contribution in [1.29, 1.82) is 0 Å². The average molecular weight is 280 g/mol. The summed E-state index contributed by atoms with van der Waals surface area (Å²) in [6.45, 7) is 5.18. The van der Waals surface area contributed by atoms with Gasteiger partial charge in [-0.15, -0.1) is 0 Å². The fourth-order valence-corrected chi connectivity index (χ4v) is 2.82. The van der Waals surface area contributed by atoms with Crippen LogP contribution in [0, 0.1) is 5.21 Å². The van der Waals surface area contributed by atoms with Gasteiger partial charge >= 0.3 is 5.69 Å². The molecule has 0 saturated heterocycles. The maximum absolute atomic E-state index is 12.1. The van der Waals surface area contributed by atoms with E-state index < -0.39 is 0 Å². The van der Waals surface area contributed by atoms with Crippen LogP contribution in [0.2, 0.25) is 0 Å². The van der Waals surface area contributed by atoms with Gasteiger partial charge in [0.15, 0.2) is 6.20 Å². The molecule has 7 heteroatoms. The van der Waals surface area contributed by atoms with Crippen LogP contribution < -0.4 is 15.2 Å². The molecule has 2 rings (SSSR count). The van der Waals surface area contributed by atoms with Crippen molar-refractivity contribution in [3.8, 4) is 0 Å². The molecule has 0 amide bonds. The van der Waals surface area contributed by atoms with Gasteiger partial charge < -0.3 is 5.21 Å². The smallest absolute Gasteiger partial charge is 0.339 e. The predicted molar refractivity (Wildman–Crippen MR) is 73.2 cm³/mol. The zero-order chi connectivity index (χ0) is 13.8. The van der Waals surface area contributed by atoms with Crippen LogP contribution in [0.5, 0.6) is 0 Å². The molecular formula is C12H16N4O2S. The minimum absolute atomic E-state index is 0.0426. The molecule has 0 aliphatic heterocycles. The Kier molecular flexibility index (Phi) is 4.16. The second-order valence-electron chi connectivity index (χ2n) is 4.04. The van der Waals surface area contributed by atoms with E-state index in [0.29, 0.717) is 28.3 Å². The molecule has 6 nitrogen and oxygen atoms in total. The highest BCUT2D eigenvalue weighted by Gasteiger charge is 2.07. The van der Waals surface area contributed by atoms with Crippen LogP contribution >= 0.6 is 11.5 Å². The molecule has 2 heterocycles. The summed E-state index contributed by atoms with van der Waals surface area (Å²) in [4.78, 5) is 17.1. The summed E-state index contributed by atoms with van der Waals surface area (Å²) < 4.78 is 4.00. The molecule has 102 valence electrons. The number of nitrogens with zero attached hydrogens (tertiary/aromatic N) is 4. The summed E-state index contributed by atoms with van der Waals surface area (Å²) >= 11 is 1.33. The number of pyridine rings is 1. The van der Waals surface area contributed by atoms with Crippen molar-refractivity contribution in [2.45, 2.75) is 33.4 Å². The number of hydrogen-bond donors (Lipinski definition) is 0. The van der Waals surface area contributed by atoms with Crippen LogP contribution in [0.25, 0.3) is 0 Å². The third kappa shape index (κ3) is 2.93. The van der Waals surface area contributed by atoms with Gasteiger partial charge in [-0.3, -0.25) is 4.57 Å². The molecule has 0 atom stereocenters. The molecule has 0 radical (unpaired) electrons. The van der Waals surface area contributed by atoms with Gasteiger partial charge in [0.2, 0.25) is 11.0 Å². The molecule has 0 aliphatic carbocycles. The van der Waals surface area contributed by atoms with Gasteiger partial charge in [0.1, 0.15) is 5.69 Å². The molecule has 2 aromatic heterocycles. The lowest BCUT2D eigenvalue weighted by molar-refractivity contribution is -0.604. The van der Waals surface area contributed by atoms with Crippen molar-refractivity contribution in [1.82, 2.24) is 8.52 Å². The van der Waals surface area contributed by atoms with Gasteiger partial charge in [-0.2, -0.15) is 4.73 Å². The van der Waals surface area contributed by atoms with Crippen LogP contribution in [0.3, 0.4) is 0 Å². The van der Waals surface area contributed by atoms with Crippen molar-refractivity contribution >= 4 is 17.2 Å². The lowest BCUT2D eigenvalue weighted by Gasteiger charge is -1.96. The third-order valence-electron chi connectivity index (χ3n) is 2.59. The summed E-state index contributed by atoms with van der Waals surface area (Å²) in [7, 11) is 0. The van der Waals surface area contributed by atoms with Crippen molar-refractivity contribution < 1.29 is 4.73 Å². The minimum atomic E-state index is -0.0426. The van der Waals surface area contributed by atoms with E-state index in [1.54, 1.807) is 20.7 Å². The molecule has 0 aliphatic rings. The Bertz CT molecular complexity index is 684. The molecule has 0 spiro atoms. The van der Waals surface area contributed by atoms with Gasteiger partial charge in [0.05, 0.1) is 0 Å². The molecule has 0 aromatic carbocycles. The maximum atomic E-state index is 12.1. The van der Waals surface area contributed by atoms with Crippen molar-refractivity contribution in [3.05, 3.63) is 45.0 Å². The molecular weight excluding hydrogens is 264 g/mol. The van der Waals surface area contributed by atoms with Gasteiger partial charge in [-0.1, -0.05) is 6.92 Å². The second-order valence-corrected chi connectivity index (χ2v) is 5.03. The van der Waals surface area contributed by atoms with E-state index in [9.17, 15) is 10.0 Å². The van der Waals surface area contributed by atoms with E-state index in [0.717, 1.165) is 6.42 Å². The average Bonchev–Trinajstić information content (AvgIpc) is 2.66. The zero-order valence-electron chi connectivity index (χ0n) is 10.9. The molecule has 19 heavy (non-hydrogen) atoms. The standard InChI is InChI=1S/C12H16N4O2S/c1-3-7-16-12(17)15(4-2)11(19-16)13-10-6-5-8-14(18)9-10/h5-6,8-9H,3-4,7H2,1-2H3. The first kappa shape index (κ1) is 13.5. The highest BCUT2D eigenvalue weighted by Crippen LogP contribution is 2.05. The molecule has 0 fully saturated rings. The van der Waals surface area contributed by atoms with Gasteiger partial charge in [-0.25, -0.2) is 13.7 Å². The minimum Gasteiger partial charge on any atom is -0.619 e. The third-order valence-corrected chi connectivity index (χ3v) is 3.63. The SMILES string of the molecule is CCCn1sc(=Nc2ccc[n+]([O-])c2)n(CC)c1=O. The van der Waals surface area contributed by atoms with Gasteiger partial charge in [0, 0.05) is 19.2 Å². The first-order chi connectivity index (χ1) is 9.15. The summed E-state index contributed by atoms with van der Waals surface area (Å²) in [5, 5.41) is 11.2. The van der Waals surface area contributed by atoms with E-state index >= 15 is 0 Å². The Balaban J connectivity index is 2.55. The normalized spacial score (nSPS) is 12.0. The summed E-state index contributed by atoms with van der Waals surface area (Å²) in [5.41, 5.74) is 0.503. The summed E-state index contributed by atoms with van der Waals surface area (Å²) in [6, 6.07) is 3.37. The first-order valence-electron chi connectivity index (χ1n) is 6.20. The fourth-order valence-electron chi connectivity index (χ4n) is 1.72. The monoisotopic (exact) mass is 280 g/mol. The van der Waals surface area contributed by atoms with E-state index in [1.165, 1.54) is 23.9 Å². The Labute approximate surface area is 114 Å². The zero-order valence-corrected chi connectivity index (χ0v) is 11.8. The van der Waals surface area contributed by atoms with E-state index in [2.05, 4.69) is 4.99 Å². The number of rotatable bonds is 4. The molecule has 0 unspecified atom stereocenters. The highest BCUT2D eigenvalue weighted by atomic mass is 32.1. The van der Waals surface area contributed by atoms with Crippen LogP contribution in [-0.2, 0) is 13.1 Å². The molecule has 0 N–H and O–H groups in total. The van der Waals surface area contributed by atoms with Crippen LogP contribution in [-0.4, -0.2) is 8.52 Å². The van der Waals surface area contributed by atoms with Crippen LogP contribution in [0.4, 0.5) is 5.69 Å². The lowest BCUT2D eigenvalue weighted by atomic mass is 10.4. The highest BCUT2D eigenvalue weighted by molar-refractivity contribution is 7.03. The summed E-state index contributed by atoms with van der Waals surface area (Å²) in [5.74, 6) is 0. The second kappa shape index (κ2) is 5.83. The largest absolute Gasteiger partial charge is 0.619 e. The van der Waals surface area contributed by atoms with Crippen LogP contribution in [0.15, 0.2) is 34.3 Å². The fraction of sp³-hybridized carbons (Fsp3) is 0.417. The van der Waals surface area contributed by atoms with Crippen LogP contribution in [0.1, 0.15) is 20.3 Å². The van der Waals surface area contributed by atoms with Crippen molar-refractivity contribution in [2.24, 2.45) is 4.99 Å². The van der Waals surface area contributed by atoms with Crippen molar-refractivity contribution in [2.75, 3.05) is 0 Å². The predicted octanol–water partition coefficient (Wildman–Crippen LogP) is 1.01. The maximum Gasteiger partial charge on any atom is 0.339 e. The van der Waals surface area contributed by atoms with Gasteiger partial charge in [-0.05, 0) is 30.9 Å². The topological polar surface area (TPSA) is 66.2 Å². The van der Waals surface area contributed by atoms with E-state index in [4.69, 9.17) is 0 Å². The van der Waals surface area contributed by atoms with E-state index in [-0.39, 0.29) is 5.69 Å². The van der Waals surface area contributed by atoms with E-state index in [1.807, 2.05) is 13.8 Å². The van der Waals surface area contributed by atoms with Gasteiger partial charge in [0.25, 0.3) is 0 Å². The molecule has 0 saturated carbocycles. The van der Waals surface area contributed by atoms with Crippen molar-refractivity contribution in [3.63, 3.8) is 0 Å². The Hall–Kier alpha value is -1.89. The Morgan fingerprint density at radius 3 is 2.89 bits per heavy atom. The Morgan fingerprint density at radius 2 is 2.26 bits per heavy atom. The molecule has 0 bridgehead atoms. The number of aryl methyl sites for hydroxylation is 1. The summed E-state index contributed by atoms with van der Waals surface area (Å²) in [6.07, 6.45) is 3.68. The first-order valence-corrected chi connectivity index (χ1v) is 6.97. The Morgan fingerprint density at radius 1 is 1.47 bits per heavy atom. The number of hydrogen-bond acceptors (Lipinski definition) is 4. The lowest BCUT2D eigenvalue weighted by Crippen LogP contribution is -2.28. The number of aromatic nitrogens is 3. The molecule has 2 aromatic rings. The quantitative estimate of drug-likeness (QED) is 0.619.